The molecule has 1 aliphatic heterocycles. The lowest BCUT2D eigenvalue weighted by atomic mass is 10.1. The highest BCUT2D eigenvalue weighted by Crippen LogP contribution is 2.28. The van der Waals surface area contributed by atoms with Crippen molar-refractivity contribution in [3.63, 3.8) is 0 Å². The molecule has 1 N–H and O–H groups in total. The van der Waals surface area contributed by atoms with Gasteiger partial charge < -0.3 is 24.4 Å². The van der Waals surface area contributed by atoms with Crippen LogP contribution in [0.2, 0.25) is 0 Å². The standard InChI is InChI=1S/C28H32N6O/c1-32(2)15-16-33(3)26-9-8-24-18-23(26)20-35-17-5-4-13-34-14-11-21-6-7-22(19-27(21)34)25-10-12-29-28(30-24)31-25/h4-12,14,18-19H,13,15-17,20H2,1-3H3,(H,29,30,31)/b5-4+. The summed E-state index contributed by atoms with van der Waals surface area (Å²) in [5.74, 6) is 0.574. The van der Waals surface area contributed by atoms with Crippen LogP contribution in [0, 0.1) is 0 Å². The number of benzene rings is 2. The zero-order valence-electron chi connectivity index (χ0n) is 20.6. The Bertz CT molecular complexity index is 1340. The summed E-state index contributed by atoms with van der Waals surface area (Å²) in [6, 6.07) is 16.9. The van der Waals surface area contributed by atoms with Crippen molar-refractivity contribution < 1.29 is 4.74 Å². The molecule has 7 nitrogen and oxygen atoms in total. The number of ether oxygens (including phenoxy) is 1. The molecule has 180 valence electrons. The van der Waals surface area contributed by atoms with E-state index in [9.17, 15) is 0 Å². The van der Waals surface area contributed by atoms with Gasteiger partial charge in [0.25, 0.3) is 0 Å². The fraction of sp³-hybridized carbons (Fsp3) is 0.286. The van der Waals surface area contributed by atoms with E-state index in [-0.39, 0.29) is 0 Å². The van der Waals surface area contributed by atoms with Crippen molar-refractivity contribution in [2.75, 3.05) is 51.1 Å². The van der Waals surface area contributed by atoms with Crippen LogP contribution in [0.1, 0.15) is 5.56 Å². The number of anilines is 3. The number of nitrogens with one attached hydrogen (secondary N) is 1. The molecule has 0 fully saturated rings. The molecular formula is C28H32N6O. The Hall–Kier alpha value is -3.68. The smallest absolute Gasteiger partial charge is 0.227 e. The van der Waals surface area contributed by atoms with Crippen molar-refractivity contribution in [1.82, 2.24) is 19.4 Å². The SMILES string of the molecule is CN(C)CCN(C)c1ccc2cc1COC/C=C/Cn1ccc3ccc(cc31)-c1ccnc(n1)N2. The number of fused-ring (bicyclic) bond motifs is 6. The van der Waals surface area contributed by atoms with E-state index >= 15 is 0 Å². The predicted molar refractivity (Wildman–Crippen MR) is 143 cm³/mol. The minimum atomic E-state index is 0.525. The van der Waals surface area contributed by atoms with Crippen LogP contribution in [-0.2, 0) is 17.9 Å². The first-order chi connectivity index (χ1) is 17.1. The molecule has 0 saturated carbocycles. The lowest BCUT2D eigenvalue weighted by Crippen LogP contribution is -2.29. The third-order valence-electron chi connectivity index (χ3n) is 6.30. The molecule has 0 saturated heterocycles. The summed E-state index contributed by atoms with van der Waals surface area (Å²) in [5, 5.41) is 4.61. The lowest BCUT2D eigenvalue weighted by Gasteiger charge is -2.25. The Kier molecular flexibility index (Phi) is 6.79. The fourth-order valence-electron chi connectivity index (χ4n) is 4.33. The third kappa shape index (κ3) is 5.37. The maximum absolute atomic E-state index is 6.06. The summed E-state index contributed by atoms with van der Waals surface area (Å²) in [5.41, 5.74) is 6.37. The number of allylic oxidation sites excluding steroid dienone is 1. The quantitative estimate of drug-likeness (QED) is 0.429. The minimum absolute atomic E-state index is 0.525. The number of aromatic nitrogens is 3. The van der Waals surface area contributed by atoms with Crippen LogP contribution in [-0.4, -0.2) is 60.3 Å². The van der Waals surface area contributed by atoms with Crippen molar-refractivity contribution in [2.24, 2.45) is 0 Å². The highest BCUT2D eigenvalue weighted by atomic mass is 16.5. The molecule has 0 amide bonds. The van der Waals surface area contributed by atoms with Gasteiger partial charge in [0.1, 0.15) is 0 Å². The molecule has 0 spiro atoms. The Morgan fingerprint density at radius 1 is 1.00 bits per heavy atom. The Morgan fingerprint density at radius 3 is 2.80 bits per heavy atom. The monoisotopic (exact) mass is 468 g/mol. The summed E-state index contributed by atoms with van der Waals surface area (Å²) >= 11 is 0. The average Bonchev–Trinajstić information content (AvgIpc) is 3.26. The van der Waals surface area contributed by atoms with Gasteiger partial charge in [0.2, 0.25) is 5.95 Å². The van der Waals surface area contributed by atoms with Crippen LogP contribution in [0.3, 0.4) is 0 Å². The van der Waals surface area contributed by atoms with Gasteiger partial charge in [-0.3, -0.25) is 0 Å². The van der Waals surface area contributed by atoms with Gasteiger partial charge in [-0.15, -0.1) is 0 Å². The van der Waals surface area contributed by atoms with Crippen molar-refractivity contribution in [2.45, 2.75) is 13.2 Å². The minimum Gasteiger partial charge on any atom is -0.373 e. The molecule has 3 heterocycles. The van der Waals surface area contributed by atoms with Gasteiger partial charge in [0, 0.05) is 67.1 Å². The van der Waals surface area contributed by atoms with Crippen molar-refractivity contribution >= 4 is 28.2 Å². The number of hydrogen-bond acceptors (Lipinski definition) is 6. The highest BCUT2D eigenvalue weighted by molar-refractivity contribution is 5.85. The molecule has 35 heavy (non-hydrogen) atoms. The second-order valence-electron chi connectivity index (χ2n) is 9.19. The summed E-state index contributed by atoms with van der Waals surface area (Å²) in [7, 11) is 6.32. The average molecular weight is 469 g/mol. The molecule has 0 radical (unpaired) electrons. The Labute approximate surface area is 206 Å². The van der Waals surface area contributed by atoms with Gasteiger partial charge in [0.05, 0.1) is 18.9 Å². The summed E-state index contributed by atoms with van der Waals surface area (Å²) < 4.78 is 8.31. The Morgan fingerprint density at radius 2 is 1.91 bits per heavy atom. The van der Waals surface area contributed by atoms with E-state index in [0.29, 0.717) is 19.2 Å². The molecule has 0 aliphatic carbocycles. The van der Waals surface area contributed by atoms with Crippen molar-refractivity contribution in [3.05, 3.63) is 78.6 Å². The Balaban J connectivity index is 1.50. The molecule has 1 aliphatic rings. The van der Waals surface area contributed by atoms with Gasteiger partial charge in [0.15, 0.2) is 0 Å². The molecule has 5 rings (SSSR count). The van der Waals surface area contributed by atoms with E-state index in [0.717, 1.165) is 42.1 Å². The second kappa shape index (κ2) is 10.3. The summed E-state index contributed by atoms with van der Waals surface area (Å²) in [4.78, 5) is 13.7. The second-order valence-corrected chi connectivity index (χ2v) is 9.19. The molecule has 7 heteroatoms. The zero-order valence-corrected chi connectivity index (χ0v) is 20.6. The zero-order chi connectivity index (χ0) is 24.2. The first-order valence-corrected chi connectivity index (χ1v) is 12.0. The van der Waals surface area contributed by atoms with E-state index in [1.807, 2.05) is 6.07 Å². The number of rotatable bonds is 4. The normalized spacial score (nSPS) is 14.6. The summed E-state index contributed by atoms with van der Waals surface area (Å²) in [6.07, 6.45) is 8.19. The van der Waals surface area contributed by atoms with E-state index in [2.05, 4.69) is 107 Å². The van der Waals surface area contributed by atoms with Crippen molar-refractivity contribution in [3.8, 4) is 11.3 Å². The maximum Gasteiger partial charge on any atom is 0.227 e. The summed E-state index contributed by atoms with van der Waals surface area (Å²) in [6.45, 7) is 3.79. The van der Waals surface area contributed by atoms with Gasteiger partial charge in [-0.2, -0.15) is 0 Å². The van der Waals surface area contributed by atoms with Gasteiger partial charge in [-0.05, 0) is 55.9 Å². The van der Waals surface area contributed by atoms with E-state index in [4.69, 9.17) is 9.72 Å². The number of likely N-dealkylation sites (N-methyl/N-ethyl adjacent to an activating group) is 2. The topological polar surface area (TPSA) is 58.5 Å². The molecule has 4 aromatic rings. The molecular weight excluding hydrogens is 436 g/mol. The highest BCUT2D eigenvalue weighted by Gasteiger charge is 2.12. The number of nitrogens with zero attached hydrogens (tertiary/aromatic N) is 5. The fourth-order valence-corrected chi connectivity index (χ4v) is 4.33. The molecule has 2 aromatic heterocycles. The van der Waals surface area contributed by atoms with Gasteiger partial charge in [-0.25, -0.2) is 9.97 Å². The van der Waals surface area contributed by atoms with Crippen molar-refractivity contribution in [1.29, 1.82) is 0 Å². The largest absolute Gasteiger partial charge is 0.373 e. The van der Waals surface area contributed by atoms with Crippen LogP contribution >= 0.6 is 0 Å². The van der Waals surface area contributed by atoms with E-state index in [1.165, 1.54) is 16.6 Å². The van der Waals surface area contributed by atoms with Crippen LogP contribution < -0.4 is 10.2 Å². The van der Waals surface area contributed by atoms with E-state index < -0.39 is 0 Å². The molecule has 0 unspecified atom stereocenters. The molecule has 6 bridgehead atoms. The van der Waals surface area contributed by atoms with Crippen LogP contribution in [0.5, 0.6) is 0 Å². The molecule has 0 atom stereocenters. The third-order valence-corrected chi connectivity index (χ3v) is 6.30. The van der Waals surface area contributed by atoms with Crippen LogP contribution in [0.25, 0.3) is 22.2 Å². The molecule has 2 aromatic carbocycles. The van der Waals surface area contributed by atoms with Gasteiger partial charge >= 0.3 is 0 Å². The lowest BCUT2D eigenvalue weighted by molar-refractivity contribution is 0.149. The van der Waals surface area contributed by atoms with E-state index in [1.54, 1.807) is 6.20 Å². The van der Waals surface area contributed by atoms with Crippen LogP contribution in [0.4, 0.5) is 17.3 Å². The predicted octanol–water partition coefficient (Wildman–Crippen LogP) is 4.93. The first kappa shape index (κ1) is 23.1. The first-order valence-electron chi connectivity index (χ1n) is 12.0. The number of hydrogen-bond donors (Lipinski definition) is 1. The maximum atomic E-state index is 6.06. The van der Waals surface area contributed by atoms with Crippen LogP contribution in [0.15, 0.2) is 73.1 Å². The van der Waals surface area contributed by atoms with Gasteiger partial charge in [-0.1, -0.05) is 24.3 Å².